The van der Waals surface area contributed by atoms with Crippen molar-refractivity contribution in [3.63, 3.8) is 0 Å². The summed E-state index contributed by atoms with van der Waals surface area (Å²) in [7, 11) is 2.59. The summed E-state index contributed by atoms with van der Waals surface area (Å²) in [6.45, 7) is 10.8. The van der Waals surface area contributed by atoms with E-state index in [0.29, 0.717) is 24.8 Å². The molecule has 15 heteroatoms. The molecule has 3 aliphatic rings. The number of hydrogen-bond acceptors (Lipinski definition) is 9. The molecule has 2 bridgehead atoms. The molecule has 2 aromatic carbocycles. The van der Waals surface area contributed by atoms with Gasteiger partial charge in [-0.15, -0.1) is 0 Å². The van der Waals surface area contributed by atoms with E-state index >= 15 is 0 Å². The highest BCUT2D eigenvalue weighted by molar-refractivity contribution is 6.02. The highest BCUT2D eigenvalue weighted by Gasteiger charge is 2.56. The molecule has 2 saturated heterocycles. The van der Waals surface area contributed by atoms with Gasteiger partial charge in [0.05, 0.1) is 44.0 Å². The van der Waals surface area contributed by atoms with Crippen LogP contribution in [0.15, 0.2) is 59.3 Å². The molecule has 3 fully saturated rings. The lowest BCUT2D eigenvalue weighted by molar-refractivity contribution is -0.140. The van der Waals surface area contributed by atoms with Crippen molar-refractivity contribution >= 4 is 35.0 Å². The van der Waals surface area contributed by atoms with Gasteiger partial charge in [-0.05, 0) is 85.6 Å². The van der Waals surface area contributed by atoms with Crippen LogP contribution >= 0.6 is 0 Å². The van der Waals surface area contributed by atoms with Gasteiger partial charge in [0.1, 0.15) is 40.6 Å². The van der Waals surface area contributed by atoms with E-state index in [1.54, 1.807) is 6.20 Å². The number of nitrogens with zero attached hydrogens (tertiary/aromatic N) is 4. The molecule has 60 heavy (non-hydrogen) atoms. The molecule has 5 atom stereocenters. The second-order valence-corrected chi connectivity index (χ2v) is 17.2. The van der Waals surface area contributed by atoms with Crippen LogP contribution in [-0.4, -0.2) is 93.1 Å². The molecule has 316 valence electrons. The Hall–Kier alpha value is -6.12. The number of imidazole rings is 2. The first-order chi connectivity index (χ1) is 28.8. The second-order valence-electron chi connectivity index (χ2n) is 17.2. The number of hydrogen-bond donors (Lipinski definition) is 4. The van der Waals surface area contributed by atoms with Crippen molar-refractivity contribution in [1.82, 2.24) is 40.4 Å². The second kappa shape index (κ2) is 16.1. The summed E-state index contributed by atoms with van der Waals surface area (Å²) in [5.74, 6) is 2.08. The standard InChI is InChI=1S/C45H54N8O7/c1-24(2)36(50-43(56)58-6)40(54)52-18-8-9-35(52)39-46-21-33(48-39)29-12-10-28(11-13-29)30-14-15-31(38-32(30)19-26(5)60-38)34-22-47-42(49-34)45-17-16-27(20-45)23-53(45)41(55)37(25(3)4)51-44(57)59-7/h10-15,19,21-22,24-25,27,35-37H,8-9,16-18,20,23H2,1-7H3,(H,46,48)(H,47,49)(H,50,56)(H,51,57)/t27?,35-,36+,37+,45?/m0/s1. The number of fused-ring (bicyclic) bond motifs is 3. The predicted octanol–water partition coefficient (Wildman–Crippen LogP) is 7.45. The van der Waals surface area contributed by atoms with Gasteiger partial charge in [-0.3, -0.25) is 9.59 Å². The van der Waals surface area contributed by atoms with Crippen LogP contribution < -0.4 is 10.6 Å². The Kier molecular flexibility index (Phi) is 10.9. The summed E-state index contributed by atoms with van der Waals surface area (Å²) in [4.78, 5) is 72.3. The normalized spacial score (nSPS) is 20.9. The summed E-state index contributed by atoms with van der Waals surface area (Å²) < 4.78 is 16.0. The number of carbonyl (C=O) groups is 4. The minimum absolute atomic E-state index is 0.116. The van der Waals surface area contributed by atoms with Gasteiger partial charge < -0.3 is 44.3 Å². The highest BCUT2D eigenvalue weighted by atomic mass is 16.5. The van der Waals surface area contributed by atoms with Crippen molar-refractivity contribution in [2.75, 3.05) is 27.3 Å². The number of nitrogens with one attached hydrogen (secondary N) is 4. The number of benzene rings is 2. The van der Waals surface area contributed by atoms with Gasteiger partial charge in [-0.1, -0.05) is 58.0 Å². The van der Waals surface area contributed by atoms with Gasteiger partial charge in [0, 0.05) is 24.0 Å². The summed E-state index contributed by atoms with van der Waals surface area (Å²) in [6, 6.07) is 12.8. The van der Waals surface area contributed by atoms with E-state index in [1.165, 1.54) is 14.2 Å². The molecule has 2 unspecified atom stereocenters. The molecule has 5 aromatic rings. The molecule has 4 amide bonds. The average molecular weight is 819 g/mol. The van der Waals surface area contributed by atoms with Gasteiger partial charge in [-0.25, -0.2) is 19.6 Å². The molecule has 1 saturated carbocycles. The number of carbonyl (C=O) groups excluding carboxylic acids is 4. The third-order valence-corrected chi connectivity index (χ3v) is 12.7. The summed E-state index contributed by atoms with van der Waals surface area (Å²) in [5.41, 5.74) is 5.65. The van der Waals surface area contributed by atoms with Crippen molar-refractivity contribution < 1.29 is 33.1 Å². The summed E-state index contributed by atoms with van der Waals surface area (Å²) in [5, 5.41) is 6.43. The number of likely N-dealkylation sites (tertiary alicyclic amines) is 2. The highest BCUT2D eigenvalue weighted by Crippen LogP contribution is 2.53. The number of piperidine rings is 1. The van der Waals surface area contributed by atoms with Crippen molar-refractivity contribution in [3.8, 4) is 33.6 Å². The zero-order valence-electron chi connectivity index (χ0n) is 35.3. The fourth-order valence-electron chi connectivity index (χ4n) is 9.55. The molecule has 4 N–H and O–H groups in total. The Bertz CT molecular complexity index is 2410. The Balaban J connectivity index is 1.02. The van der Waals surface area contributed by atoms with E-state index in [0.717, 1.165) is 88.3 Å². The number of furan rings is 1. The lowest BCUT2D eigenvalue weighted by Crippen LogP contribution is -2.56. The molecule has 3 aromatic heterocycles. The van der Waals surface area contributed by atoms with Gasteiger partial charge in [-0.2, -0.15) is 0 Å². The smallest absolute Gasteiger partial charge is 0.407 e. The number of aromatic amines is 2. The van der Waals surface area contributed by atoms with Gasteiger partial charge in [0.2, 0.25) is 11.8 Å². The fraction of sp³-hybridized carbons (Fsp3) is 0.467. The lowest BCUT2D eigenvalue weighted by atomic mass is 9.93. The maximum Gasteiger partial charge on any atom is 0.407 e. The van der Waals surface area contributed by atoms with E-state index in [2.05, 4.69) is 57.0 Å². The minimum atomic E-state index is -0.714. The number of rotatable bonds is 11. The fourth-order valence-corrected chi connectivity index (χ4v) is 9.55. The average Bonchev–Trinajstić information content (AvgIpc) is 4.10. The van der Waals surface area contributed by atoms with Crippen LogP contribution in [0.25, 0.3) is 44.6 Å². The topological polar surface area (TPSA) is 188 Å². The van der Waals surface area contributed by atoms with E-state index in [-0.39, 0.29) is 29.7 Å². The zero-order valence-corrected chi connectivity index (χ0v) is 35.3. The monoisotopic (exact) mass is 818 g/mol. The largest absolute Gasteiger partial charge is 0.461 e. The number of ether oxygens (including phenoxy) is 2. The minimum Gasteiger partial charge on any atom is -0.461 e. The van der Waals surface area contributed by atoms with Crippen LogP contribution in [0.3, 0.4) is 0 Å². The third-order valence-electron chi connectivity index (χ3n) is 12.7. The van der Waals surface area contributed by atoms with Crippen LogP contribution in [0.1, 0.15) is 83.2 Å². The number of methoxy groups -OCH3 is 2. The molecule has 0 spiro atoms. The van der Waals surface area contributed by atoms with Gasteiger partial charge >= 0.3 is 12.2 Å². The van der Waals surface area contributed by atoms with E-state index in [9.17, 15) is 19.2 Å². The molecule has 1 aliphatic carbocycles. The van der Waals surface area contributed by atoms with Gasteiger partial charge in [0.25, 0.3) is 0 Å². The number of amides is 4. The van der Waals surface area contributed by atoms with E-state index in [1.807, 2.05) is 56.7 Å². The maximum absolute atomic E-state index is 14.1. The Labute approximate surface area is 349 Å². The quantitative estimate of drug-likeness (QED) is 0.105. The Morgan fingerprint density at radius 1 is 0.833 bits per heavy atom. The first-order valence-electron chi connectivity index (χ1n) is 20.9. The molecular formula is C45H54N8O7. The number of aryl methyl sites for hydroxylation is 1. The van der Waals surface area contributed by atoms with Crippen LogP contribution in [0.5, 0.6) is 0 Å². The number of alkyl carbamates (subject to hydrolysis) is 2. The predicted molar refractivity (Wildman–Crippen MR) is 224 cm³/mol. The first kappa shape index (κ1) is 40.7. The van der Waals surface area contributed by atoms with Crippen molar-refractivity contribution in [1.29, 1.82) is 0 Å². The van der Waals surface area contributed by atoms with E-state index < -0.39 is 29.8 Å². The molecule has 5 heterocycles. The molecule has 15 nitrogen and oxygen atoms in total. The summed E-state index contributed by atoms with van der Waals surface area (Å²) in [6.07, 6.45) is 6.59. The summed E-state index contributed by atoms with van der Waals surface area (Å²) >= 11 is 0. The van der Waals surface area contributed by atoms with Crippen LogP contribution in [0.4, 0.5) is 9.59 Å². The molecular weight excluding hydrogens is 765 g/mol. The molecule has 2 aliphatic heterocycles. The van der Waals surface area contributed by atoms with Crippen molar-refractivity contribution in [2.45, 2.75) is 90.4 Å². The molecule has 0 radical (unpaired) electrons. The first-order valence-corrected chi connectivity index (χ1v) is 20.9. The van der Waals surface area contributed by atoms with Crippen LogP contribution in [0, 0.1) is 24.7 Å². The van der Waals surface area contributed by atoms with Crippen molar-refractivity contribution in [3.05, 3.63) is 72.3 Å². The van der Waals surface area contributed by atoms with E-state index in [4.69, 9.17) is 23.9 Å². The molecule has 8 rings (SSSR count). The number of H-pyrrole nitrogens is 2. The van der Waals surface area contributed by atoms with Crippen LogP contribution in [-0.2, 0) is 24.6 Å². The lowest BCUT2D eigenvalue weighted by Gasteiger charge is -2.40. The van der Waals surface area contributed by atoms with Crippen molar-refractivity contribution in [2.24, 2.45) is 17.8 Å². The third kappa shape index (κ3) is 7.27. The Morgan fingerprint density at radius 2 is 1.48 bits per heavy atom. The zero-order chi connectivity index (χ0) is 42.5. The van der Waals surface area contributed by atoms with Gasteiger partial charge in [0.15, 0.2) is 0 Å². The maximum atomic E-state index is 14.1. The number of aromatic nitrogens is 4. The SMILES string of the molecule is COC(=O)N[C@@H](C(=O)N1CCC[C@H]1c1ncc(-c2ccc(-c3ccc(-c4cnc(C56CCC(CN5C(=O)[C@H](NC(=O)OC)C(C)C)C6)[nH]4)c4oc(C)cc34)cc2)[nH]1)C(C)C. The van der Waals surface area contributed by atoms with Crippen LogP contribution in [0.2, 0.25) is 0 Å². The Morgan fingerprint density at radius 3 is 2.15 bits per heavy atom.